The largest absolute Gasteiger partial charge is 0.381 e. The summed E-state index contributed by atoms with van der Waals surface area (Å²) in [6.45, 7) is 6.00. The summed E-state index contributed by atoms with van der Waals surface area (Å²) in [5.74, 6) is 0. The zero-order valence-corrected chi connectivity index (χ0v) is 31.2. The summed E-state index contributed by atoms with van der Waals surface area (Å²) in [6, 6.07) is 0. The van der Waals surface area contributed by atoms with Gasteiger partial charge in [0, 0.05) is 13.2 Å². The fraction of sp³-hybridized carbons (Fsp3) is 1.00. The van der Waals surface area contributed by atoms with Crippen molar-refractivity contribution in [3.63, 3.8) is 0 Å². The normalized spacial score (nSPS) is 12.3. The van der Waals surface area contributed by atoms with Gasteiger partial charge in [-0.25, -0.2) is 0 Å². The molecule has 10 heteroatoms. The second-order valence-electron chi connectivity index (χ2n) is 13.1. The average molecular weight is 685 g/mol. The fourth-order valence-corrected chi connectivity index (χ4v) is 6.44. The Morgan fingerprint density at radius 3 is 0.844 bits per heavy atom. The minimum absolute atomic E-state index is 0.0634. The maximum Gasteiger partial charge on any atom is 0.327 e. The van der Waals surface area contributed by atoms with E-state index in [0.717, 1.165) is 25.7 Å². The lowest BCUT2D eigenvalue weighted by Crippen LogP contribution is -2.41. The summed E-state index contributed by atoms with van der Waals surface area (Å²) < 4.78 is 22.3. The van der Waals surface area contributed by atoms with E-state index in [2.05, 4.69) is 13.8 Å². The van der Waals surface area contributed by atoms with Crippen LogP contribution in [0.2, 0.25) is 0 Å². The van der Waals surface area contributed by atoms with Crippen LogP contribution >= 0.6 is 17.2 Å². The first kappa shape index (κ1) is 45.5. The lowest BCUT2D eigenvalue weighted by molar-refractivity contribution is -0.0703. The molecule has 0 aromatic rings. The van der Waals surface area contributed by atoms with Gasteiger partial charge in [0.2, 0.25) is 0 Å². The van der Waals surface area contributed by atoms with E-state index in [1.165, 1.54) is 141 Å². The van der Waals surface area contributed by atoms with E-state index < -0.39 is 22.6 Å². The molecule has 0 amide bonds. The van der Waals surface area contributed by atoms with Gasteiger partial charge in [-0.05, 0) is 12.8 Å². The summed E-state index contributed by atoms with van der Waals surface area (Å²) in [4.78, 5) is 37.5. The Kier molecular flexibility index (Phi) is 36.3. The Bertz CT molecular complexity index is 524. The summed E-state index contributed by atoms with van der Waals surface area (Å²) in [6.07, 6.45) is 33.5. The highest BCUT2D eigenvalue weighted by Gasteiger charge is 2.34. The minimum atomic E-state index is -2.55. The molecule has 0 saturated heterocycles. The molecule has 0 aliphatic heterocycles. The predicted octanol–water partition coefficient (Wildman–Crippen LogP) is 10.6. The van der Waals surface area contributed by atoms with E-state index >= 15 is 0 Å². The van der Waals surface area contributed by atoms with Crippen molar-refractivity contribution in [2.75, 3.05) is 39.6 Å². The molecule has 4 N–H and O–H groups in total. The third-order valence-corrected chi connectivity index (χ3v) is 9.29. The van der Waals surface area contributed by atoms with Crippen LogP contribution in [0.25, 0.3) is 0 Å². The van der Waals surface area contributed by atoms with Crippen molar-refractivity contribution in [3.05, 3.63) is 0 Å². The Morgan fingerprint density at radius 2 is 0.600 bits per heavy atom. The first-order valence-electron chi connectivity index (χ1n) is 18.7. The fourth-order valence-electron chi connectivity index (χ4n) is 5.66. The van der Waals surface area contributed by atoms with Gasteiger partial charge in [0.25, 0.3) is 0 Å². The smallest absolute Gasteiger partial charge is 0.327 e. The molecule has 0 aliphatic rings. The average Bonchev–Trinajstić information content (AvgIpc) is 3.02. The second kappa shape index (κ2) is 35.8. The van der Waals surface area contributed by atoms with Gasteiger partial charge in [-0.1, -0.05) is 168 Å². The third kappa shape index (κ3) is 34.2. The quantitative estimate of drug-likeness (QED) is 0.0375. The molecule has 272 valence electrons. The molecule has 0 unspecified atom stereocenters. The molecule has 0 spiro atoms. The number of unbranched alkanes of at least 4 members (excludes halogenated alkanes) is 24. The zero-order valence-electron chi connectivity index (χ0n) is 29.4. The SMILES string of the molecule is CCCCCCCCCCCCCCCOCC(COCCCCCCCCCCCCCCC)(COP(O)O)COP(O)O. The van der Waals surface area contributed by atoms with Crippen LogP contribution in [0.3, 0.4) is 0 Å². The highest BCUT2D eigenvalue weighted by Crippen LogP contribution is 2.34. The molecule has 0 fully saturated rings. The van der Waals surface area contributed by atoms with Crippen molar-refractivity contribution in [2.24, 2.45) is 5.41 Å². The van der Waals surface area contributed by atoms with Gasteiger partial charge in [-0.2, -0.15) is 0 Å². The standard InChI is InChI=1S/C35H74O8P2/c1-3-5-7-9-11-13-15-17-19-21-23-25-27-29-40-31-35(33-42-44(36)37,34-43-45(38)39)32-41-30-28-26-24-22-20-18-16-14-12-10-8-6-4-2/h36-39H,3-34H2,1-2H3. The molecule has 0 heterocycles. The molecule has 0 bridgehead atoms. The van der Waals surface area contributed by atoms with Gasteiger partial charge in [-0.3, -0.25) is 0 Å². The van der Waals surface area contributed by atoms with Crippen LogP contribution in [-0.2, 0) is 18.5 Å². The van der Waals surface area contributed by atoms with Crippen molar-refractivity contribution in [2.45, 2.75) is 181 Å². The molecule has 45 heavy (non-hydrogen) atoms. The van der Waals surface area contributed by atoms with Crippen LogP contribution in [0.1, 0.15) is 181 Å². The van der Waals surface area contributed by atoms with Crippen molar-refractivity contribution in [1.29, 1.82) is 0 Å². The molecule has 0 aromatic heterocycles. The molecule has 8 nitrogen and oxygen atoms in total. The van der Waals surface area contributed by atoms with E-state index in [9.17, 15) is 19.6 Å². The van der Waals surface area contributed by atoms with Crippen LogP contribution in [0.5, 0.6) is 0 Å². The molecule has 0 aromatic carbocycles. The first-order chi connectivity index (χ1) is 22.0. The monoisotopic (exact) mass is 684 g/mol. The second-order valence-corrected chi connectivity index (χ2v) is 14.7. The van der Waals surface area contributed by atoms with Crippen LogP contribution in [0, 0.1) is 5.41 Å². The highest BCUT2D eigenvalue weighted by atomic mass is 31.2. The summed E-state index contributed by atoms with van der Waals surface area (Å²) in [5.41, 5.74) is -0.856. The van der Waals surface area contributed by atoms with E-state index in [-0.39, 0.29) is 26.4 Å². The van der Waals surface area contributed by atoms with Crippen LogP contribution in [-0.4, -0.2) is 59.2 Å². The molecule has 0 aliphatic carbocycles. The molecule has 0 radical (unpaired) electrons. The summed E-state index contributed by atoms with van der Waals surface area (Å²) >= 11 is 0. The molecular formula is C35H74O8P2. The maximum atomic E-state index is 9.38. The molecule has 0 rings (SSSR count). The molecular weight excluding hydrogens is 610 g/mol. The Hall–Kier alpha value is 0.540. The van der Waals surface area contributed by atoms with Crippen LogP contribution in [0.15, 0.2) is 0 Å². The number of rotatable bonds is 38. The van der Waals surface area contributed by atoms with Crippen LogP contribution < -0.4 is 0 Å². The Balaban J connectivity index is 4.16. The van der Waals surface area contributed by atoms with E-state index in [4.69, 9.17) is 18.5 Å². The highest BCUT2D eigenvalue weighted by molar-refractivity contribution is 7.39. The maximum absolute atomic E-state index is 9.38. The summed E-state index contributed by atoms with van der Waals surface area (Å²) in [5, 5.41) is 0. The Morgan fingerprint density at radius 1 is 0.356 bits per heavy atom. The zero-order chi connectivity index (χ0) is 33.1. The van der Waals surface area contributed by atoms with E-state index in [0.29, 0.717) is 13.2 Å². The van der Waals surface area contributed by atoms with E-state index in [1.54, 1.807) is 0 Å². The molecule has 0 saturated carbocycles. The van der Waals surface area contributed by atoms with Gasteiger partial charge >= 0.3 is 17.2 Å². The van der Waals surface area contributed by atoms with Crippen molar-refractivity contribution >= 4 is 17.2 Å². The first-order valence-corrected chi connectivity index (χ1v) is 21.1. The number of ether oxygens (including phenoxy) is 2. The Labute approximate surface area is 280 Å². The van der Waals surface area contributed by atoms with Gasteiger partial charge in [-0.15, -0.1) is 0 Å². The lowest BCUT2D eigenvalue weighted by Gasteiger charge is -2.32. The molecule has 0 atom stereocenters. The topological polar surface area (TPSA) is 118 Å². The van der Waals surface area contributed by atoms with Gasteiger partial charge in [0.1, 0.15) is 0 Å². The predicted molar refractivity (Wildman–Crippen MR) is 190 cm³/mol. The number of hydrogen-bond acceptors (Lipinski definition) is 8. The van der Waals surface area contributed by atoms with Crippen molar-refractivity contribution in [3.8, 4) is 0 Å². The summed E-state index contributed by atoms with van der Waals surface area (Å²) in [7, 11) is -5.11. The van der Waals surface area contributed by atoms with Crippen molar-refractivity contribution < 1.29 is 38.1 Å². The van der Waals surface area contributed by atoms with Gasteiger partial charge in [0.15, 0.2) is 0 Å². The lowest BCUT2D eigenvalue weighted by atomic mass is 9.92. The van der Waals surface area contributed by atoms with Gasteiger partial charge in [0.05, 0.1) is 31.8 Å². The van der Waals surface area contributed by atoms with Crippen molar-refractivity contribution in [1.82, 2.24) is 0 Å². The number of hydrogen-bond donors (Lipinski definition) is 4. The third-order valence-electron chi connectivity index (χ3n) is 8.57. The van der Waals surface area contributed by atoms with Gasteiger partial charge < -0.3 is 38.1 Å². The van der Waals surface area contributed by atoms with E-state index in [1.807, 2.05) is 0 Å². The van der Waals surface area contributed by atoms with Crippen LogP contribution in [0.4, 0.5) is 0 Å². The minimum Gasteiger partial charge on any atom is -0.381 e.